The fourth-order valence-corrected chi connectivity index (χ4v) is 4.60. The Balaban J connectivity index is 2.17. The minimum atomic E-state index is 0.228. The summed E-state index contributed by atoms with van der Waals surface area (Å²) in [6.07, 6.45) is 0. The second-order valence-corrected chi connectivity index (χ2v) is 7.81. The van der Waals surface area contributed by atoms with Gasteiger partial charge >= 0.3 is 0 Å². The summed E-state index contributed by atoms with van der Waals surface area (Å²) < 4.78 is 1.13. The van der Waals surface area contributed by atoms with Crippen LogP contribution in [0.25, 0.3) is 0 Å². The maximum atomic E-state index is 11.8. The number of thiophene rings is 1. The Bertz CT molecular complexity index is 391. The number of amides is 1. The van der Waals surface area contributed by atoms with Crippen molar-refractivity contribution in [3.05, 3.63) is 20.8 Å². The molecule has 1 aliphatic heterocycles. The molecule has 0 N–H and O–H groups in total. The number of thioether (sulfide) groups is 1. The molecule has 0 aromatic carbocycles. The Morgan fingerprint density at radius 2 is 2.31 bits per heavy atom. The van der Waals surface area contributed by atoms with E-state index in [0.717, 1.165) is 10.3 Å². The zero-order chi connectivity index (χ0) is 11.7. The topological polar surface area (TPSA) is 20.3 Å². The van der Waals surface area contributed by atoms with Crippen LogP contribution in [0.1, 0.15) is 24.1 Å². The van der Waals surface area contributed by atoms with Crippen LogP contribution in [0.4, 0.5) is 0 Å². The second kappa shape index (κ2) is 5.10. The van der Waals surface area contributed by atoms with E-state index < -0.39 is 0 Å². The van der Waals surface area contributed by atoms with Gasteiger partial charge in [0, 0.05) is 11.4 Å². The van der Waals surface area contributed by atoms with Crippen LogP contribution < -0.4 is 0 Å². The van der Waals surface area contributed by atoms with Crippen molar-refractivity contribution in [2.24, 2.45) is 5.92 Å². The van der Waals surface area contributed by atoms with Crippen molar-refractivity contribution in [1.29, 1.82) is 0 Å². The van der Waals surface area contributed by atoms with E-state index in [1.54, 1.807) is 23.1 Å². The van der Waals surface area contributed by atoms with Gasteiger partial charge < -0.3 is 4.90 Å². The first-order valence-corrected chi connectivity index (χ1v) is 7.90. The molecule has 0 bridgehead atoms. The van der Waals surface area contributed by atoms with Gasteiger partial charge in [-0.1, -0.05) is 13.8 Å². The molecule has 0 spiro atoms. The van der Waals surface area contributed by atoms with Gasteiger partial charge in [0.1, 0.15) is 5.37 Å². The molecule has 0 radical (unpaired) electrons. The molecule has 1 aliphatic rings. The molecule has 1 amide bonds. The highest BCUT2D eigenvalue weighted by molar-refractivity contribution is 9.11. The summed E-state index contributed by atoms with van der Waals surface area (Å²) in [5.74, 6) is 1.41. The first-order chi connectivity index (χ1) is 7.58. The summed E-state index contributed by atoms with van der Waals surface area (Å²) in [5.41, 5.74) is 0. The molecule has 2 heterocycles. The molecule has 5 heteroatoms. The first kappa shape index (κ1) is 12.5. The number of carbonyl (C=O) groups excluding carboxylic acids is 1. The quantitative estimate of drug-likeness (QED) is 0.845. The lowest BCUT2D eigenvalue weighted by atomic mass is 10.2. The van der Waals surface area contributed by atoms with Crippen molar-refractivity contribution in [2.45, 2.75) is 19.2 Å². The standard InChI is InChI=1S/C11H14BrNOS2/c1-7(2)5-13-10(14)6-15-11(13)8-3-4-9(12)16-8/h3-4,7,11H,5-6H2,1-2H3. The zero-order valence-corrected chi connectivity index (χ0v) is 12.5. The van der Waals surface area contributed by atoms with Crippen molar-refractivity contribution in [1.82, 2.24) is 4.90 Å². The summed E-state index contributed by atoms with van der Waals surface area (Å²) in [4.78, 5) is 15.1. The van der Waals surface area contributed by atoms with Gasteiger partial charge in [-0.05, 0) is 34.0 Å². The van der Waals surface area contributed by atoms with Crippen molar-refractivity contribution in [3.63, 3.8) is 0 Å². The number of rotatable bonds is 3. The highest BCUT2D eigenvalue weighted by atomic mass is 79.9. The van der Waals surface area contributed by atoms with Gasteiger partial charge in [-0.3, -0.25) is 4.79 Å². The van der Waals surface area contributed by atoms with E-state index in [9.17, 15) is 4.79 Å². The molecule has 1 saturated heterocycles. The smallest absolute Gasteiger partial charge is 0.233 e. The van der Waals surface area contributed by atoms with Gasteiger partial charge in [0.15, 0.2) is 0 Å². The summed E-state index contributed by atoms with van der Waals surface area (Å²) in [7, 11) is 0. The zero-order valence-electron chi connectivity index (χ0n) is 9.27. The maximum absolute atomic E-state index is 11.8. The SMILES string of the molecule is CC(C)CN1C(=O)CSC1c1ccc(Br)s1. The summed E-state index contributed by atoms with van der Waals surface area (Å²) in [5, 5.41) is 0.228. The van der Waals surface area contributed by atoms with Crippen molar-refractivity contribution >= 4 is 44.9 Å². The average molecular weight is 320 g/mol. The summed E-state index contributed by atoms with van der Waals surface area (Å²) >= 11 is 6.92. The van der Waals surface area contributed by atoms with Gasteiger partial charge in [0.25, 0.3) is 0 Å². The predicted molar refractivity (Wildman–Crippen MR) is 73.8 cm³/mol. The van der Waals surface area contributed by atoms with Crippen LogP contribution >= 0.6 is 39.0 Å². The third-order valence-corrected chi connectivity index (χ3v) is 5.43. The van der Waals surface area contributed by atoms with Crippen LogP contribution in [0, 0.1) is 5.92 Å². The number of halogens is 1. The lowest BCUT2D eigenvalue weighted by Gasteiger charge is -2.24. The van der Waals surface area contributed by atoms with E-state index in [2.05, 4.69) is 41.9 Å². The average Bonchev–Trinajstić information content (AvgIpc) is 2.75. The Hall–Kier alpha value is -0.0000000000000000833. The van der Waals surface area contributed by atoms with E-state index in [0.29, 0.717) is 11.7 Å². The van der Waals surface area contributed by atoms with Gasteiger partial charge in [-0.25, -0.2) is 0 Å². The van der Waals surface area contributed by atoms with Crippen LogP contribution in [0.5, 0.6) is 0 Å². The molecule has 0 saturated carbocycles. The van der Waals surface area contributed by atoms with Crippen molar-refractivity contribution in [2.75, 3.05) is 12.3 Å². The van der Waals surface area contributed by atoms with Gasteiger partial charge in [-0.15, -0.1) is 23.1 Å². The molecule has 1 unspecified atom stereocenters. The fraction of sp³-hybridized carbons (Fsp3) is 0.545. The molecule has 1 aromatic heterocycles. The van der Waals surface area contributed by atoms with Crippen molar-refractivity contribution < 1.29 is 4.79 Å². The number of carbonyl (C=O) groups is 1. The molecule has 1 atom stereocenters. The fourth-order valence-electron chi connectivity index (χ4n) is 1.74. The van der Waals surface area contributed by atoms with E-state index in [1.807, 2.05) is 4.90 Å². The Kier molecular flexibility index (Phi) is 3.97. The number of hydrogen-bond acceptors (Lipinski definition) is 3. The van der Waals surface area contributed by atoms with Gasteiger partial charge in [0.05, 0.1) is 9.54 Å². The van der Waals surface area contributed by atoms with Crippen LogP contribution in [-0.2, 0) is 4.79 Å². The third kappa shape index (κ3) is 2.63. The van der Waals surface area contributed by atoms with Crippen molar-refractivity contribution in [3.8, 4) is 0 Å². The molecular formula is C11H14BrNOS2. The van der Waals surface area contributed by atoms with Crippen LogP contribution in [0.2, 0.25) is 0 Å². The minimum absolute atomic E-state index is 0.228. The first-order valence-electron chi connectivity index (χ1n) is 5.24. The van der Waals surface area contributed by atoms with Gasteiger partial charge in [-0.2, -0.15) is 0 Å². The van der Waals surface area contributed by atoms with E-state index >= 15 is 0 Å². The molecule has 88 valence electrons. The highest BCUT2D eigenvalue weighted by Crippen LogP contribution is 2.42. The number of nitrogens with zero attached hydrogens (tertiary/aromatic N) is 1. The summed E-state index contributed by atoms with van der Waals surface area (Å²) in [6.45, 7) is 5.15. The summed E-state index contributed by atoms with van der Waals surface area (Å²) in [6, 6.07) is 4.16. The Labute approximate surface area is 113 Å². The normalized spacial score (nSPS) is 21.1. The molecule has 16 heavy (non-hydrogen) atoms. The van der Waals surface area contributed by atoms with Gasteiger partial charge in [0.2, 0.25) is 5.91 Å². The maximum Gasteiger partial charge on any atom is 0.233 e. The van der Waals surface area contributed by atoms with E-state index in [-0.39, 0.29) is 11.3 Å². The third-order valence-electron chi connectivity index (χ3n) is 2.37. The lowest BCUT2D eigenvalue weighted by Crippen LogP contribution is -2.31. The van der Waals surface area contributed by atoms with E-state index in [4.69, 9.17) is 0 Å². The lowest BCUT2D eigenvalue weighted by molar-refractivity contribution is -0.128. The predicted octanol–water partition coefficient (Wildman–Crippen LogP) is 3.74. The minimum Gasteiger partial charge on any atom is -0.325 e. The number of hydrogen-bond donors (Lipinski definition) is 0. The van der Waals surface area contributed by atoms with Crippen LogP contribution in [0.3, 0.4) is 0 Å². The molecule has 1 aromatic rings. The molecular weight excluding hydrogens is 306 g/mol. The Morgan fingerprint density at radius 1 is 1.56 bits per heavy atom. The largest absolute Gasteiger partial charge is 0.325 e. The molecule has 0 aliphatic carbocycles. The molecule has 2 rings (SSSR count). The second-order valence-electron chi connectivity index (χ2n) is 4.25. The molecule has 2 nitrogen and oxygen atoms in total. The van der Waals surface area contributed by atoms with Crippen LogP contribution in [-0.4, -0.2) is 23.1 Å². The highest BCUT2D eigenvalue weighted by Gasteiger charge is 2.33. The van der Waals surface area contributed by atoms with E-state index in [1.165, 1.54) is 4.88 Å². The molecule has 1 fully saturated rings. The Morgan fingerprint density at radius 3 is 2.88 bits per heavy atom. The van der Waals surface area contributed by atoms with Crippen LogP contribution in [0.15, 0.2) is 15.9 Å². The monoisotopic (exact) mass is 319 g/mol.